The Morgan fingerprint density at radius 3 is 2.76 bits per heavy atom. The molecule has 1 atom stereocenters. The van der Waals surface area contributed by atoms with Crippen molar-refractivity contribution in [3.05, 3.63) is 22.2 Å². The van der Waals surface area contributed by atoms with Crippen LogP contribution in [0.3, 0.4) is 0 Å². The highest BCUT2D eigenvalue weighted by atomic mass is 79.9. The zero-order chi connectivity index (χ0) is 14.8. The number of benzene rings is 1. The molecule has 1 unspecified atom stereocenters. The summed E-state index contributed by atoms with van der Waals surface area (Å²) < 4.78 is 12.6. The second-order valence-electron chi connectivity index (χ2n) is 5.69. The Balaban J connectivity index is 1.93. The highest BCUT2D eigenvalue weighted by molar-refractivity contribution is 9.10. The van der Waals surface area contributed by atoms with E-state index in [1.54, 1.807) is 0 Å². The molecule has 116 valence electrons. The minimum Gasteiger partial charge on any atom is -0.490 e. The minimum atomic E-state index is 0.246. The van der Waals surface area contributed by atoms with Gasteiger partial charge in [0.2, 0.25) is 0 Å². The fraction of sp³-hybridized carbons (Fsp3) is 0.625. The molecular formula is C16H23BrN2O2. The van der Waals surface area contributed by atoms with E-state index < -0.39 is 0 Å². The van der Waals surface area contributed by atoms with Crippen molar-refractivity contribution in [2.45, 2.75) is 38.3 Å². The Hall–Kier alpha value is -0.780. The van der Waals surface area contributed by atoms with Crippen molar-refractivity contribution in [3.8, 4) is 11.5 Å². The number of fused-ring (bicyclic) bond motifs is 1. The van der Waals surface area contributed by atoms with Crippen LogP contribution >= 0.6 is 15.9 Å². The van der Waals surface area contributed by atoms with Crippen molar-refractivity contribution in [1.29, 1.82) is 0 Å². The van der Waals surface area contributed by atoms with E-state index in [1.807, 2.05) is 0 Å². The Bertz CT molecular complexity index is 505. The molecule has 0 spiro atoms. The zero-order valence-electron chi connectivity index (χ0n) is 12.5. The van der Waals surface area contributed by atoms with E-state index in [0.717, 1.165) is 28.9 Å². The average Bonchev–Trinajstić information content (AvgIpc) is 3.30. The Morgan fingerprint density at radius 1 is 1.33 bits per heavy atom. The maximum atomic E-state index is 6.07. The topological polar surface area (TPSA) is 47.7 Å². The van der Waals surface area contributed by atoms with E-state index in [0.29, 0.717) is 25.8 Å². The van der Waals surface area contributed by atoms with E-state index in [9.17, 15) is 0 Å². The first-order valence-corrected chi connectivity index (χ1v) is 8.58. The van der Waals surface area contributed by atoms with Gasteiger partial charge in [-0.1, -0.05) is 6.92 Å². The monoisotopic (exact) mass is 354 g/mol. The molecule has 0 radical (unpaired) electrons. The second kappa shape index (κ2) is 6.55. The number of halogens is 1. The largest absolute Gasteiger partial charge is 0.490 e. The van der Waals surface area contributed by atoms with E-state index in [4.69, 9.17) is 15.2 Å². The van der Waals surface area contributed by atoms with Crippen molar-refractivity contribution in [2.75, 3.05) is 26.3 Å². The van der Waals surface area contributed by atoms with Crippen LogP contribution in [0.25, 0.3) is 0 Å². The van der Waals surface area contributed by atoms with Gasteiger partial charge in [0.1, 0.15) is 0 Å². The van der Waals surface area contributed by atoms with Gasteiger partial charge in [-0.2, -0.15) is 0 Å². The fourth-order valence-corrected chi connectivity index (χ4v) is 3.62. The standard InChI is InChI=1S/C16H23BrN2O2/c1-2-19(12-4-5-12)14(10-18)11-8-13(17)16-15(9-11)20-6-3-7-21-16/h8-9,12,14H,2-7,10,18H2,1H3. The molecule has 3 rings (SSSR count). The molecule has 4 nitrogen and oxygen atoms in total. The van der Waals surface area contributed by atoms with Crippen LogP contribution in [0.4, 0.5) is 0 Å². The summed E-state index contributed by atoms with van der Waals surface area (Å²) >= 11 is 3.62. The van der Waals surface area contributed by atoms with E-state index in [1.165, 1.54) is 18.4 Å². The highest BCUT2D eigenvalue weighted by Gasteiger charge is 2.33. The van der Waals surface area contributed by atoms with Crippen molar-refractivity contribution in [3.63, 3.8) is 0 Å². The molecule has 1 aliphatic carbocycles. The molecule has 1 aromatic rings. The normalized spacial score (nSPS) is 19.4. The zero-order valence-corrected chi connectivity index (χ0v) is 14.1. The third kappa shape index (κ3) is 3.20. The lowest BCUT2D eigenvalue weighted by Crippen LogP contribution is -2.35. The first-order valence-electron chi connectivity index (χ1n) is 7.79. The SMILES string of the molecule is CCN(C1CC1)C(CN)c1cc(Br)c2c(c1)OCCCO2. The molecule has 1 heterocycles. The third-order valence-corrected chi connectivity index (χ3v) is 4.80. The Kier molecular flexibility index (Phi) is 4.72. The summed E-state index contributed by atoms with van der Waals surface area (Å²) in [6.07, 6.45) is 3.49. The summed E-state index contributed by atoms with van der Waals surface area (Å²) in [4.78, 5) is 2.51. The van der Waals surface area contributed by atoms with Gasteiger partial charge in [-0.05, 0) is 53.0 Å². The molecule has 0 bridgehead atoms. The quantitative estimate of drug-likeness (QED) is 0.882. The number of hydrogen-bond acceptors (Lipinski definition) is 4. The molecule has 1 aliphatic heterocycles. The molecule has 21 heavy (non-hydrogen) atoms. The average molecular weight is 355 g/mol. The summed E-state index contributed by atoms with van der Waals surface area (Å²) in [5, 5.41) is 0. The second-order valence-corrected chi connectivity index (χ2v) is 6.55. The Morgan fingerprint density at radius 2 is 2.10 bits per heavy atom. The van der Waals surface area contributed by atoms with Crippen molar-refractivity contribution < 1.29 is 9.47 Å². The van der Waals surface area contributed by atoms with Gasteiger partial charge in [0.15, 0.2) is 11.5 Å². The highest BCUT2D eigenvalue weighted by Crippen LogP contribution is 2.42. The fourth-order valence-electron chi connectivity index (χ4n) is 3.05. The van der Waals surface area contributed by atoms with Crippen LogP contribution < -0.4 is 15.2 Å². The van der Waals surface area contributed by atoms with Crippen molar-refractivity contribution >= 4 is 15.9 Å². The van der Waals surface area contributed by atoms with Gasteiger partial charge >= 0.3 is 0 Å². The van der Waals surface area contributed by atoms with Gasteiger partial charge in [-0.15, -0.1) is 0 Å². The maximum absolute atomic E-state index is 6.07. The molecule has 0 aromatic heterocycles. The van der Waals surface area contributed by atoms with Crippen LogP contribution in [0, 0.1) is 0 Å². The number of ether oxygens (including phenoxy) is 2. The first kappa shape index (κ1) is 15.1. The smallest absolute Gasteiger partial charge is 0.175 e. The lowest BCUT2D eigenvalue weighted by molar-refractivity contribution is 0.201. The summed E-state index contributed by atoms with van der Waals surface area (Å²) in [7, 11) is 0. The molecule has 1 aromatic carbocycles. The van der Waals surface area contributed by atoms with Crippen LogP contribution in [-0.2, 0) is 0 Å². The summed E-state index contributed by atoms with van der Waals surface area (Å²) in [6.45, 7) is 5.26. The predicted molar refractivity (Wildman–Crippen MR) is 86.9 cm³/mol. The molecular weight excluding hydrogens is 332 g/mol. The molecule has 0 saturated heterocycles. The van der Waals surface area contributed by atoms with Gasteiger partial charge in [0, 0.05) is 25.0 Å². The number of rotatable bonds is 5. The summed E-state index contributed by atoms with van der Waals surface area (Å²) in [5.41, 5.74) is 7.29. The minimum absolute atomic E-state index is 0.246. The molecule has 2 N–H and O–H groups in total. The molecule has 1 saturated carbocycles. The number of nitrogens with two attached hydrogens (primary N) is 1. The first-order chi connectivity index (χ1) is 10.2. The lowest BCUT2D eigenvalue weighted by Gasteiger charge is -2.30. The van der Waals surface area contributed by atoms with Crippen LogP contribution in [0.15, 0.2) is 16.6 Å². The van der Waals surface area contributed by atoms with Crippen LogP contribution in [0.1, 0.15) is 37.8 Å². The Labute approximate surface area is 134 Å². The van der Waals surface area contributed by atoms with Crippen molar-refractivity contribution in [1.82, 2.24) is 4.90 Å². The van der Waals surface area contributed by atoms with Gasteiger partial charge in [0.05, 0.1) is 17.7 Å². The maximum Gasteiger partial charge on any atom is 0.175 e. The lowest BCUT2D eigenvalue weighted by atomic mass is 10.0. The van der Waals surface area contributed by atoms with Gasteiger partial charge in [-0.3, -0.25) is 4.90 Å². The molecule has 1 fully saturated rings. The molecule has 2 aliphatic rings. The third-order valence-electron chi connectivity index (χ3n) is 4.21. The van der Waals surface area contributed by atoms with E-state index >= 15 is 0 Å². The number of likely N-dealkylation sites (N-methyl/N-ethyl adjacent to an activating group) is 1. The van der Waals surface area contributed by atoms with Crippen LogP contribution in [-0.4, -0.2) is 37.2 Å². The number of nitrogens with zero attached hydrogens (tertiary/aromatic N) is 1. The van der Waals surface area contributed by atoms with Crippen LogP contribution in [0.2, 0.25) is 0 Å². The van der Waals surface area contributed by atoms with Gasteiger partial charge < -0.3 is 15.2 Å². The number of hydrogen-bond donors (Lipinski definition) is 1. The van der Waals surface area contributed by atoms with Crippen LogP contribution in [0.5, 0.6) is 11.5 Å². The van der Waals surface area contributed by atoms with Gasteiger partial charge in [-0.25, -0.2) is 0 Å². The molecule has 0 amide bonds. The summed E-state index contributed by atoms with van der Waals surface area (Å²) in [5.74, 6) is 1.66. The predicted octanol–water partition coefficient (Wildman–Crippen LogP) is 3.09. The van der Waals surface area contributed by atoms with E-state index in [2.05, 4.69) is 39.9 Å². The van der Waals surface area contributed by atoms with E-state index in [-0.39, 0.29) is 6.04 Å². The summed E-state index contributed by atoms with van der Waals surface area (Å²) in [6, 6.07) is 5.18. The van der Waals surface area contributed by atoms with Crippen molar-refractivity contribution in [2.24, 2.45) is 5.73 Å². The molecule has 5 heteroatoms. The van der Waals surface area contributed by atoms with Gasteiger partial charge in [0.25, 0.3) is 0 Å².